The molecule has 21 heavy (non-hydrogen) atoms. The zero-order chi connectivity index (χ0) is 16.1. The van der Waals surface area contributed by atoms with Crippen LogP contribution in [0, 0.1) is 5.92 Å². The van der Waals surface area contributed by atoms with Gasteiger partial charge in [0.1, 0.15) is 0 Å². The van der Waals surface area contributed by atoms with Gasteiger partial charge in [0.05, 0.1) is 0 Å². The number of carboxylic acids is 1. The summed E-state index contributed by atoms with van der Waals surface area (Å²) >= 11 is 0. The summed E-state index contributed by atoms with van der Waals surface area (Å²) < 4.78 is 0. The Bertz CT molecular complexity index is 332. The summed E-state index contributed by atoms with van der Waals surface area (Å²) in [5.41, 5.74) is 0. The quantitative estimate of drug-likeness (QED) is 0.511. The van der Waals surface area contributed by atoms with Crippen molar-refractivity contribution in [3.8, 4) is 0 Å². The second-order valence-electron chi connectivity index (χ2n) is 5.48. The van der Waals surface area contributed by atoms with E-state index in [1.165, 1.54) is 25.7 Å². The van der Waals surface area contributed by atoms with E-state index in [0.29, 0.717) is 6.54 Å². The highest BCUT2D eigenvalue weighted by molar-refractivity contribution is 5.94. The van der Waals surface area contributed by atoms with Crippen LogP contribution in [0.1, 0.15) is 65.2 Å². The molecule has 0 aliphatic carbocycles. The molecule has 0 heterocycles. The van der Waals surface area contributed by atoms with Crippen molar-refractivity contribution in [2.45, 2.75) is 65.2 Å². The van der Waals surface area contributed by atoms with Crippen molar-refractivity contribution in [3.05, 3.63) is 0 Å². The lowest BCUT2D eigenvalue weighted by molar-refractivity contribution is -0.138. The maximum absolute atomic E-state index is 11.5. The van der Waals surface area contributed by atoms with Crippen LogP contribution in [0.25, 0.3) is 0 Å². The van der Waals surface area contributed by atoms with E-state index in [1.54, 1.807) is 6.92 Å². The molecular weight excluding hydrogens is 272 g/mol. The fourth-order valence-corrected chi connectivity index (χ4v) is 2.02. The van der Waals surface area contributed by atoms with E-state index in [9.17, 15) is 14.4 Å². The number of hydrogen-bond donors (Lipinski definition) is 3. The molecule has 6 nitrogen and oxygen atoms in total. The molecule has 0 rings (SSSR count). The van der Waals surface area contributed by atoms with Gasteiger partial charge in [-0.3, -0.25) is 14.9 Å². The van der Waals surface area contributed by atoms with Crippen molar-refractivity contribution in [3.63, 3.8) is 0 Å². The Labute approximate surface area is 126 Å². The van der Waals surface area contributed by atoms with Crippen LogP contribution in [0.4, 0.5) is 4.79 Å². The second-order valence-corrected chi connectivity index (χ2v) is 5.48. The molecule has 0 aromatic rings. The number of unbranched alkanes of at least 4 members (excludes halogenated alkanes) is 5. The standard InChI is InChI=1S/C15H28N2O4/c1-3-4-5-6-7-8-9-16-15(21)17-13(18)10-12(2)11-14(19)20/h12H,3-11H2,1-2H3,(H,19,20)(H2,16,17,18,21). The van der Waals surface area contributed by atoms with Gasteiger partial charge in [0.15, 0.2) is 0 Å². The molecule has 0 spiro atoms. The van der Waals surface area contributed by atoms with Crippen LogP contribution in [0.5, 0.6) is 0 Å². The van der Waals surface area contributed by atoms with Crippen molar-refractivity contribution < 1.29 is 19.5 Å². The molecule has 0 aliphatic rings. The lowest BCUT2D eigenvalue weighted by atomic mass is 10.0. The Morgan fingerprint density at radius 2 is 1.62 bits per heavy atom. The maximum Gasteiger partial charge on any atom is 0.321 e. The van der Waals surface area contributed by atoms with Crippen molar-refractivity contribution in [2.75, 3.05) is 6.54 Å². The lowest BCUT2D eigenvalue weighted by Gasteiger charge is -2.09. The first-order chi connectivity index (χ1) is 9.95. The van der Waals surface area contributed by atoms with Crippen LogP contribution >= 0.6 is 0 Å². The largest absolute Gasteiger partial charge is 0.481 e. The van der Waals surface area contributed by atoms with Gasteiger partial charge >= 0.3 is 12.0 Å². The van der Waals surface area contributed by atoms with Gasteiger partial charge in [-0.1, -0.05) is 46.0 Å². The van der Waals surface area contributed by atoms with Gasteiger partial charge < -0.3 is 10.4 Å². The van der Waals surface area contributed by atoms with Crippen LogP contribution in [0.2, 0.25) is 0 Å². The third-order valence-corrected chi connectivity index (χ3v) is 3.13. The number of urea groups is 1. The number of imide groups is 1. The number of nitrogens with one attached hydrogen (secondary N) is 2. The number of carbonyl (C=O) groups is 3. The van der Waals surface area contributed by atoms with Crippen molar-refractivity contribution in [1.29, 1.82) is 0 Å². The topological polar surface area (TPSA) is 95.5 Å². The highest BCUT2D eigenvalue weighted by Gasteiger charge is 2.14. The summed E-state index contributed by atoms with van der Waals surface area (Å²) in [4.78, 5) is 33.4. The maximum atomic E-state index is 11.5. The molecule has 0 aliphatic heterocycles. The first-order valence-corrected chi connectivity index (χ1v) is 7.75. The van der Waals surface area contributed by atoms with Gasteiger partial charge in [-0.15, -0.1) is 0 Å². The number of carbonyl (C=O) groups excluding carboxylic acids is 2. The van der Waals surface area contributed by atoms with Gasteiger partial charge in [-0.2, -0.15) is 0 Å². The number of carboxylic acid groups (broad SMARTS) is 1. The Morgan fingerprint density at radius 3 is 2.24 bits per heavy atom. The molecule has 0 radical (unpaired) electrons. The molecule has 0 fully saturated rings. The molecule has 0 aromatic heterocycles. The highest BCUT2D eigenvalue weighted by atomic mass is 16.4. The minimum atomic E-state index is -0.942. The van der Waals surface area contributed by atoms with E-state index in [0.717, 1.165) is 12.8 Å². The van der Waals surface area contributed by atoms with Gasteiger partial charge in [0.2, 0.25) is 5.91 Å². The molecule has 0 saturated heterocycles. The molecule has 1 unspecified atom stereocenters. The average molecular weight is 300 g/mol. The Morgan fingerprint density at radius 1 is 1.00 bits per heavy atom. The number of aliphatic carboxylic acids is 1. The van der Waals surface area contributed by atoms with Crippen LogP contribution in [0.15, 0.2) is 0 Å². The zero-order valence-electron chi connectivity index (χ0n) is 13.1. The number of rotatable bonds is 11. The smallest absolute Gasteiger partial charge is 0.321 e. The molecule has 0 saturated carbocycles. The monoisotopic (exact) mass is 300 g/mol. The molecule has 6 heteroatoms. The molecule has 3 amide bonds. The van der Waals surface area contributed by atoms with Crippen molar-refractivity contribution >= 4 is 17.9 Å². The third kappa shape index (κ3) is 13.2. The Kier molecular flexibility index (Phi) is 11.3. The van der Waals surface area contributed by atoms with Gasteiger partial charge in [0, 0.05) is 19.4 Å². The molecule has 0 bridgehead atoms. The number of amides is 3. The third-order valence-electron chi connectivity index (χ3n) is 3.13. The summed E-state index contributed by atoms with van der Waals surface area (Å²) in [7, 11) is 0. The highest BCUT2D eigenvalue weighted by Crippen LogP contribution is 2.06. The second kappa shape index (κ2) is 12.2. The van der Waals surface area contributed by atoms with E-state index in [-0.39, 0.29) is 18.8 Å². The molecule has 0 aromatic carbocycles. The Hall–Kier alpha value is -1.59. The van der Waals surface area contributed by atoms with Gasteiger partial charge in [0.25, 0.3) is 0 Å². The van der Waals surface area contributed by atoms with E-state index in [2.05, 4.69) is 17.6 Å². The molecular formula is C15H28N2O4. The fraction of sp³-hybridized carbons (Fsp3) is 0.800. The fourth-order valence-electron chi connectivity index (χ4n) is 2.02. The van der Waals surface area contributed by atoms with Crippen LogP contribution in [-0.2, 0) is 9.59 Å². The first-order valence-electron chi connectivity index (χ1n) is 7.75. The van der Waals surface area contributed by atoms with Crippen molar-refractivity contribution in [2.24, 2.45) is 5.92 Å². The van der Waals surface area contributed by atoms with Crippen LogP contribution in [-0.4, -0.2) is 29.6 Å². The van der Waals surface area contributed by atoms with Gasteiger partial charge in [-0.25, -0.2) is 4.79 Å². The number of hydrogen-bond acceptors (Lipinski definition) is 3. The SMILES string of the molecule is CCCCCCCCNC(=O)NC(=O)CC(C)CC(=O)O. The summed E-state index contributed by atoms with van der Waals surface area (Å²) in [5.74, 6) is -1.67. The first kappa shape index (κ1) is 19.4. The molecule has 122 valence electrons. The summed E-state index contributed by atoms with van der Waals surface area (Å²) in [6, 6.07) is -0.504. The van der Waals surface area contributed by atoms with Crippen LogP contribution in [0.3, 0.4) is 0 Å². The van der Waals surface area contributed by atoms with E-state index in [4.69, 9.17) is 5.11 Å². The predicted octanol–water partition coefficient (Wildman–Crippen LogP) is 2.67. The van der Waals surface area contributed by atoms with Crippen LogP contribution < -0.4 is 10.6 Å². The van der Waals surface area contributed by atoms with Crippen molar-refractivity contribution in [1.82, 2.24) is 10.6 Å². The zero-order valence-corrected chi connectivity index (χ0v) is 13.1. The van der Waals surface area contributed by atoms with Gasteiger partial charge in [-0.05, 0) is 12.3 Å². The lowest BCUT2D eigenvalue weighted by Crippen LogP contribution is -2.40. The molecule has 1 atom stereocenters. The minimum absolute atomic E-state index is 0.0384. The predicted molar refractivity (Wildman–Crippen MR) is 81.0 cm³/mol. The van der Waals surface area contributed by atoms with E-state index in [1.807, 2.05) is 0 Å². The average Bonchev–Trinajstić information content (AvgIpc) is 2.36. The minimum Gasteiger partial charge on any atom is -0.481 e. The summed E-state index contributed by atoms with van der Waals surface area (Å²) in [6.07, 6.45) is 6.79. The normalized spacial score (nSPS) is 11.7. The summed E-state index contributed by atoms with van der Waals surface area (Å²) in [5, 5.41) is 13.4. The van der Waals surface area contributed by atoms with E-state index < -0.39 is 17.9 Å². The summed E-state index contributed by atoms with van der Waals surface area (Å²) in [6.45, 7) is 4.39. The molecule has 3 N–H and O–H groups in total. The Balaban J connectivity index is 3.60. The van der Waals surface area contributed by atoms with E-state index >= 15 is 0 Å².